The lowest BCUT2D eigenvalue weighted by Crippen LogP contribution is -2.45. The van der Waals surface area contributed by atoms with E-state index in [4.69, 9.17) is 9.47 Å². The Morgan fingerprint density at radius 3 is 1.47 bits per heavy atom. The monoisotopic (exact) mass is 458 g/mol. The van der Waals surface area contributed by atoms with Gasteiger partial charge < -0.3 is 19.3 Å². The summed E-state index contributed by atoms with van der Waals surface area (Å²) in [5.41, 5.74) is 5.48. The van der Waals surface area contributed by atoms with Crippen molar-refractivity contribution < 1.29 is 19.1 Å². The van der Waals surface area contributed by atoms with Gasteiger partial charge in [-0.3, -0.25) is 9.59 Å². The van der Waals surface area contributed by atoms with Gasteiger partial charge in [-0.05, 0) is 23.3 Å². The highest BCUT2D eigenvalue weighted by atomic mass is 16.7. The quantitative estimate of drug-likeness (QED) is 0.476. The molecular formula is C28H30N2O4. The van der Waals surface area contributed by atoms with Gasteiger partial charge in [0, 0.05) is 59.8 Å². The average molecular weight is 459 g/mol. The zero-order chi connectivity index (χ0) is 24.5. The standard InChI is InChI=1S/C28H30N2O4/c1-26(2)18-11-7-9-13-20(18)29(5)22(26)16-28(33-24(31)15-25(32)34-28)17-23-27(3,4)19-12-8-10-14-21(19)30(23)6/h7-14,16-17H,15H2,1-6H3. The molecular weight excluding hydrogens is 428 g/mol. The van der Waals surface area contributed by atoms with E-state index in [1.165, 1.54) is 0 Å². The first kappa shape index (κ1) is 22.3. The number of benzene rings is 2. The highest BCUT2D eigenvalue weighted by Gasteiger charge is 2.48. The molecule has 3 heterocycles. The van der Waals surface area contributed by atoms with E-state index in [2.05, 4.69) is 61.8 Å². The lowest BCUT2D eigenvalue weighted by Gasteiger charge is -2.36. The van der Waals surface area contributed by atoms with E-state index in [9.17, 15) is 9.59 Å². The van der Waals surface area contributed by atoms with Crippen molar-refractivity contribution in [3.8, 4) is 0 Å². The number of likely N-dealkylation sites (N-methyl/N-ethyl adjacent to an activating group) is 2. The molecule has 5 rings (SSSR count). The smallest absolute Gasteiger partial charge is 0.320 e. The maximum atomic E-state index is 12.6. The van der Waals surface area contributed by atoms with Crippen LogP contribution in [0.2, 0.25) is 0 Å². The molecule has 0 atom stereocenters. The molecule has 1 fully saturated rings. The summed E-state index contributed by atoms with van der Waals surface area (Å²) in [6, 6.07) is 16.4. The summed E-state index contributed by atoms with van der Waals surface area (Å²) in [4.78, 5) is 29.2. The largest absolute Gasteiger partial charge is 0.414 e. The van der Waals surface area contributed by atoms with Crippen molar-refractivity contribution in [1.29, 1.82) is 0 Å². The number of esters is 2. The second-order valence-electron chi connectivity index (χ2n) is 10.3. The lowest BCUT2D eigenvalue weighted by atomic mass is 9.81. The SMILES string of the molecule is CN1C(=CC2(C=C3N(C)c4ccccc4C3(C)C)OC(=O)CC(=O)O2)C(C)(C)c2ccccc21. The van der Waals surface area contributed by atoms with Crippen molar-refractivity contribution in [3.05, 3.63) is 83.2 Å². The van der Waals surface area contributed by atoms with Crippen molar-refractivity contribution in [2.45, 2.75) is 50.7 Å². The predicted molar refractivity (Wildman–Crippen MR) is 131 cm³/mol. The minimum Gasteiger partial charge on any atom is -0.414 e. The molecule has 0 radical (unpaired) electrons. The third-order valence-corrected chi connectivity index (χ3v) is 7.39. The number of hydrogen-bond acceptors (Lipinski definition) is 6. The molecule has 176 valence electrons. The third-order valence-electron chi connectivity index (χ3n) is 7.39. The summed E-state index contributed by atoms with van der Waals surface area (Å²) in [6.07, 6.45) is 3.19. The van der Waals surface area contributed by atoms with E-state index in [1.807, 2.05) is 38.4 Å². The number of ether oxygens (including phenoxy) is 2. The van der Waals surface area contributed by atoms with Gasteiger partial charge in [-0.1, -0.05) is 64.1 Å². The van der Waals surface area contributed by atoms with E-state index in [1.54, 1.807) is 12.2 Å². The first-order valence-corrected chi connectivity index (χ1v) is 11.5. The molecule has 0 bridgehead atoms. The minimum atomic E-state index is -1.65. The fraction of sp³-hybridized carbons (Fsp3) is 0.357. The van der Waals surface area contributed by atoms with Crippen LogP contribution in [-0.2, 0) is 29.9 Å². The highest BCUT2D eigenvalue weighted by Crippen LogP contribution is 2.50. The number of rotatable bonds is 2. The topological polar surface area (TPSA) is 59.1 Å². The van der Waals surface area contributed by atoms with Crippen LogP contribution in [0.4, 0.5) is 11.4 Å². The molecule has 2 aromatic rings. The van der Waals surface area contributed by atoms with Crippen LogP contribution >= 0.6 is 0 Å². The molecule has 2 aromatic carbocycles. The van der Waals surface area contributed by atoms with Gasteiger partial charge >= 0.3 is 17.7 Å². The number of carbonyl (C=O) groups excluding carboxylic acids is 2. The Bertz CT molecular complexity index is 1170. The molecule has 0 unspecified atom stereocenters. The second kappa shape index (κ2) is 7.23. The summed E-state index contributed by atoms with van der Waals surface area (Å²) in [5, 5.41) is 0. The molecule has 0 amide bonds. The molecule has 1 saturated heterocycles. The highest BCUT2D eigenvalue weighted by molar-refractivity contribution is 5.93. The van der Waals surface area contributed by atoms with E-state index in [-0.39, 0.29) is 10.8 Å². The number of para-hydroxylation sites is 2. The molecule has 0 saturated carbocycles. The lowest BCUT2D eigenvalue weighted by molar-refractivity contribution is -0.213. The molecule has 0 aliphatic carbocycles. The van der Waals surface area contributed by atoms with E-state index in [0.29, 0.717) is 0 Å². The molecule has 6 heteroatoms. The maximum absolute atomic E-state index is 12.6. The van der Waals surface area contributed by atoms with Gasteiger partial charge in [-0.2, -0.15) is 0 Å². The number of allylic oxidation sites excluding steroid dienone is 2. The number of hydrogen-bond donors (Lipinski definition) is 0. The molecule has 0 N–H and O–H groups in total. The van der Waals surface area contributed by atoms with Crippen LogP contribution in [0, 0.1) is 0 Å². The van der Waals surface area contributed by atoms with Crippen LogP contribution < -0.4 is 9.80 Å². The van der Waals surface area contributed by atoms with Crippen LogP contribution in [-0.4, -0.2) is 31.8 Å². The predicted octanol–water partition coefficient (Wildman–Crippen LogP) is 4.80. The second-order valence-corrected chi connectivity index (χ2v) is 10.3. The summed E-state index contributed by atoms with van der Waals surface area (Å²) in [5.74, 6) is -2.85. The van der Waals surface area contributed by atoms with Crippen molar-refractivity contribution in [2.75, 3.05) is 23.9 Å². The van der Waals surface area contributed by atoms with Gasteiger partial charge in [0.1, 0.15) is 6.42 Å². The minimum absolute atomic E-state index is 0.382. The number of fused-ring (bicyclic) bond motifs is 2. The van der Waals surface area contributed by atoms with Crippen LogP contribution in [0.25, 0.3) is 0 Å². The van der Waals surface area contributed by atoms with Crippen LogP contribution in [0.5, 0.6) is 0 Å². The molecule has 3 aliphatic heterocycles. The van der Waals surface area contributed by atoms with E-state index >= 15 is 0 Å². The van der Waals surface area contributed by atoms with Gasteiger partial charge in [0.05, 0.1) is 0 Å². The first-order valence-electron chi connectivity index (χ1n) is 11.5. The number of anilines is 2. The van der Waals surface area contributed by atoms with Gasteiger partial charge in [0.25, 0.3) is 0 Å². The fourth-order valence-electron chi connectivity index (χ4n) is 5.63. The molecule has 0 aromatic heterocycles. The number of cyclic esters (lactones) is 2. The van der Waals surface area contributed by atoms with Crippen molar-refractivity contribution in [1.82, 2.24) is 0 Å². The van der Waals surface area contributed by atoms with E-state index in [0.717, 1.165) is 33.9 Å². The van der Waals surface area contributed by atoms with Crippen LogP contribution in [0.1, 0.15) is 45.2 Å². The average Bonchev–Trinajstić information content (AvgIpc) is 3.08. The maximum Gasteiger partial charge on any atom is 0.320 e. The summed E-state index contributed by atoms with van der Waals surface area (Å²) >= 11 is 0. The Balaban J connectivity index is 1.70. The van der Waals surface area contributed by atoms with Crippen LogP contribution in [0.15, 0.2) is 72.1 Å². The third kappa shape index (κ3) is 3.16. The molecule has 34 heavy (non-hydrogen) atoms. The van der Waals surface area contributed by atoms with Crippen molar-refractivity contribution in [3.63, 3.8) is 0 Å². The Hall–Kier alpha value is -3.54. The first-order chi connectivity index (χ1) is 16.0. The Labute approximate surface area is 200 Å². The number of carbonyl (C=O) groups is 2. The fourth-order valence-corrected chi connectivity index (χ4v) is 5.63. The van der Waals surface area contributed by atoms with Gasteiger partial charge in [0.15, 0.2) is 0 Å². The Morgan fingerprint density at radius 2 is 1.09 bits per heavy atom. The zero-order valence-electron chi connectivity index (χ0n) is 20.5. The summed E-state index contributed by atoms with van der Waals surface area (Å²) < 4.78 is 11.7. The summed E-state index contributed by atoms with van der Waals surface area (Å²) in [6.45, 7) is 8.48. The van der Waals surface area contributed by atoms with Crippen molar-refractivity contribution in [2.24, 2.45) is 0 Å². The Morgan fingerprint density at radius 1 is 0.706 bits per heavy atom. The van der Waals surface area contributed by atoms with Crippen LogP contribution in [0.3, 0.4) is 0 Å². The Kier molecular flexibility index (Phi) is 4.73. The van der Waals surface area contributed by atoms with Gasteiger partial charge in [-0.25, -0.2) is 0 Å². The molecule has 0 spiro atoms. The van der Waals surface area contributed by atoms with Gasteiger partial charge in [0.2, 0.25) is 0 Å². The molecule has 6 nitrogen and oxygen atoms in total. The normalized spacial score (nSPS) is 24.2. The van der Waals surface area contributed by atoms with Crippen molar-refractivity contribution >= 4 is 23.3 Å². The molecule has 3 aliphatic rings. The van der Waals surface area contributed by atoms with Gasteiger partial charge in [-0.15, -0.1) is 0 Å². The van der Waals surface area contributed by atoms with E-state index < -0.39 is 24.1 Å². The zero-order valence-corrected chi connectivity index (χ0v) is 20.5. The number of nitrogens with zero attached hydrogens (tertiary/aromatic N) is 2. The summed E-state index contributed by atoms with van der Waals surface area (Å²) in [7, 11) is 3.96.